The molecule has 0 fully saturated rings. The van der Waals surface area contributed by atoms with Gasteiger partial charge in [-0.15, -0.1) is 0 Å². The van der Waals surface area contributed by atoms with E-state index in [9.17, 15) is 5.11 Å². The number of hydrogen-bond acceptors (Lipinski definition) is 5. The van der Waals surface area contributed by atoms with Crippen LogP contribution in [-0.2, 0) is 0 Å². The van der Waals surface area contributed by atoms with Crippen molar-refractivity contribution in [2.45, 2.75) is 19.4 Å². The number of nitrogens with zero attached hydrogens (tertiary/aromatic N) is 1. The third-order valence-electron chi connectivity index (χ3n) is 3.18. The molecule has 1 atom stereocenters. The second-order valence-corrected chi connectivity index (χ2v) is 5.14. The largest absolute Gasteiger partial charge is 0.493 e. The summed E-state index contributed by atoms with van der Waals surface area (Å²) < 4.78 is 5.50. The smallest absolute Gasteiger partial charge is 0.125 e. The summed E-state index contributed by atoms with van der Waals surface area (Å²) in [6.45, 7) is 3.97. The molecule has 0 aliphatic carbocycles. The SMILES string of the molecule is CCOc1ccc(Cl)cc1C(O)CCN(CCO)CCO. The Bertz CT molecular complexity index is 411. The summed E-state index contributed by atoms with van der Waals surface area (Å²) >= 11 is 5.98. The Morgan fingerprint density at radius 2 is 1.86 bits per heavy atom. The van der Waals surface area contributed by atoms with Crippen molar-refractivity contribution in [2.24, 2.45) is 0 Å². The summed E-state index contributed by atoms with van der Waals surface area (Å²) in [5, 5.41) is 28.8. The first-order chi connectivity index (χ1) is 10.1. The molecule has 0 amide bonds. The fraction of sp³-hybridized carbons (Fsp3) is 0.600. The average Bonchev–Trinajstić information content (AvgIpc) is 2.47. The van der Waals surface area contributed by atoms with Gasteiger partial charge in [0.05, 0.1) is 25.9 Å². The van der Waals surface area contributed by atoms with E-state index < -0.39 is 6.10 Å². The van der Waals surface area contributed by atoms with Gasteiger partial charge in [0.1, 0.15) is 5.75 Å². The van der Waals surface area contributed by atoms with Crippen molar-refractivity contribution in [3.05, 3.63) is 28.8 Å². The minimum absolute atomic E-state index is 0.0253. The highest BCUT2D eigenvalue weighted by molar-refractivity contribution is 6.30. The van der Waals surface area contributed by atoms with Crippen molar-refractivity contribution in [1.29, 1.82) is 0 Å². The number of ether oxygens (including phenoxy) is 1. The van der Waals surface area contributed by atoms with Crippen LogP contribution in [0.4, 0.5) is 0 Å². The van der Waals surface area contributed by atoms with Crippen LogP contribution >= 0.6 is 11.6 Å². The van der Waals surface area contributed by atoms with Gasteiger partial charge in [-0.3, -0.25) is 4.90 Å². The standard InChI is InChI=1S/C15H24ClNO4/c1-2-21-15-4-3-12(16)11-13(15)14(20)5-6-17(7-9-18)8-10-19/h3-4,11,14,18-20H,2,5-10H2,1H3. The lowest BCUT2D eigenvalue weighted by Crippen LogP contribution is -2.31. The van der Waals surface area contributed by atoms with Gasteiger partial charge in [0.15, 0.2) is 0 Å². The number of hydrogen-bond donors (Lipinski definition) is 3. The summed E-state index contributed by atoms with van der Waals surface area (Å²) in [7, 11) is 0. The number of halogens is 1. The molecule has 1 aromatic rings. The maximum absolute atomic E-state index is 10.3. The fourth-order valence-electron chi connectivity index (χ4n) is 2.15. The Labute approximate surface area is 130 Å². The Kier molecular flexibility index (Phi) is 8.64. The summed E-state index contributed by atoms with van der Waals surface area (Å²) in [5.74, 6) is 0.630. The third kappa shape index (κ3) is 6.20. The highest BCUT2D eigenvalue weighted by atomic mass is 35.5. The van der Waals surface area contributed by atoms with Gasteiger partial charge in [0.2, 0.25) is 0 Å². The van der Waals surface area contributed by atoms with Crippen LogP contribution in [0.2, 0.25) is 5.02 Å². The Balaban J connectivity index is 2.69. The number of aliphatic hydroxyl groups excluding tert-OH is 3. The predicted molar refractivity (Wildman–Crippen MR) is 82.8 cm³/mol. The molecule has 5 nitrogen and oxygen atoms in total. The van der Waals surface area contributed by atoms with Crippen LogP contribution < -0.4 is 4.74 Å². The predicted octanol–water partition coefficient (Wildman–Crippen LogP) is 1.45. The topological polar surface area (TPSA) is 73.2 Å². The number of aliphatic hydroxyl groups is 3. The van der Waals surface area contributed by atoms with E-state index in [-0.39, 0.29) is 13.2 Å². The van der Waals surface area contributed by atoms with Crippen LogP contribution in [0.5, 0.6) is 5.75 Å². The van der Waals surface area contributed by atoms with Crippen LogP contribution in [0.1, 0.15) is 25.0 Å². The molecular weight excluding hydrogens is 294 g/mol. The lowest BCUT2D eigenvalue weighted by molar-refractivity contribution is 0.116. The van der Waals surface area contributed by atoms with Gasteiger partial charge < -0.3 is 20.1 Å². The lowest BCUT2D eigenvalue weighted by Gasteiger charge is -2.22. The van der Waals surface area contributed by atoms with Gasteiger partial charge in [-0.2, -0.15) is 0 Å². The first-order valence-corrected chi connectivity index (χ1v) is 7.54. The van der Waals surface area contributed by atoms with Crippen LogP contribution in [-0.4, -0.2) is 59.7 Å². The van der Waals surface area contributed by atoms with Gasteiger partial charge in [-0.05, 0) is 31.5 Å². The van der Waals surface area contributed by atoms with Gasteiger partial charge in [0.25, 0.3) is 0 Å². The van der Waals surface area contributed by atoms with Gasteiger partial charge in [0, 0.05) is 30.2 Å². The van der Waals surface area contributed by atoms with Crippen molar-refractivity contribution < 1.29 is 20.1 Å². The first kappa shape index (κ1) is 18.2. The zero-order valence-corrected chi connectivity index (χ0v) is 13.1. The minimum Gasteiger partial charge on any atom is -0.493 e. The lowest BCUT2D eigenvalue weighted by atomic mass is 10.1. The summed E-state index contributed by atoms with van der Waals surface area (Å²) in [4.78, 5) is 1.90. The van der Waals surface area contributed by atoms with Gasteiger partial charge in [-0.25, -0.2) is 0 Å². The second-order valence-electron chi connectivity index (χ2n) is 4.71. The van der Waals surface area contributed by atoms with Crippen molar-refractivity contribution in [1.82, 2.24) is 4.90 Å². The highest BCUT2D eigenvalue weighted by Gasteiger charge is 2.16. The molecule has 6 heteroatoms. The van der Waals surface area contributed by atoms with E-state index in [4.69, 9.17) is 26.6 Å². The molecule has 0 aliphatic heterocycles. The Morgan fingerprint density at radius 3 is 2.43 bits per heavy atom. The maximum Gasteiger partial charge on any atom is 0.125 e. The Morgan fingerprint density at radius 1 is 1.19 bits per heavy atom. The first-order valence-electron chi connectivity index (χ1n) is 7.16. The van der Waals surface area contributed by atoms with Gasteiger partial charge >= 0.3 is 0 Å². The second kappa shape index (κ2) is 9.97. The van der Waals surface area contributed by atoms with E-state index in [1.165, 1.54) is 0 Å². The zero-order chi connectivity index (χ0) is 15.7. The van der Waals surface area contributed by atoms with Crippen LogP contribution in [0.3, 0.4) is 0 Å². The molecule has 21 heavy (non-hydrogen) atoms. The molecule has 0 aliphatic rings. The van der Waals surface area contributed by atoms with E-state index in [1.807, 2.05) is 11.8 Å². The fourth-order valence-corrected chi connectivity index (χ4v) is 2.33. The van der Waals surface area contributed by atoms with Crippen LogP contribution in [0, 0.1) is 0 Å². The molecule has 3 N–H and O–H groups in total. The highest BCUT2D eigenvalue weighted by Crippen LogP contribution is 2.30. The van der Waals surface area contributed by atoms with E-state index in [0.717, 1.165) is 0 Å². The van der Waals surface area contributed by atoms with Crippen LogP contribution in [0.25, 0.3) is 0 Å². The van der Waals surface area contributed by atoms with Crippen LogP contribution in [0.15, 0.2) is 18.2 Å². The molecule has 0 aromatic heterocycles. The molecule has 0 saturated carbocycles. The molecular formula is C15H24ClNO4. The van der Waals surface area contributed by atoms with E-state index in [2.05, 4.69) is 0 Å². The minimum atomic E-state index is -0.704. The molecule has 0 heterocycles. The van der Waals surface area contributed by atoms with Crippen molar-refractivity contribution >= 4 is 11.6 Å². The molecule has 0 saturated heterocycles. The molecule has 0 spiro atoms. The Hall–Kier alpha value is -0.850. The van der Waals surface area contributed by atoms with Crippen molar-refractivity contribution in [3.63, 3.8) is 0 Å². The summed E-state index contributed by atoms with van der Waals surface area (Å²) in [6, 6.07) is 5.19. The number of benzene rings is 1. The maximum atomic E-state index is 10.3. The molecule has 1 rings (SSSR count). The van der Waals surface area contributed by atoms with E-state index in [1.54, 1.807) is 18.2 Å². The third-order valence-corrected chi connectivity index (χ3v) is 3.42. The van der Waals surface area contributed by atoms with E-state index >= 15 is 0 Å². The quantitative estimate of drug-likeness (QED) is 0.609. The summed E-state index contributed by atoms with van der Waals surface area (Å²) in [5.41, 5.74) is 0.664. The zero-order valence-electron chi connectivity index (χ0n) is 12.3. The monoisotopic (exact) mass is 317 g/mol. The molecule has 1 unspecified atom stereocenters. The van der Waals surface area contributed by atoms with E-state index in [0.29, 0.717) is 49.0 Å². The average molecular weight is 318 g/mol. The molecule has 120 valence electrons. The molecule has 1 aromatic carbocycles. The molecule has 0 radical (unpaired) electrons. The van der Waals surface area contributed by atoms with Gasteiger partial charge in [-0.1, -0.05) is 11.6 Å². The molecule has 0 bridgehead atoms. The number of rotatable bonds is 10. The van der Waals surface area contributed by atoms with Crippen molar-refractivity contribution in [3.8, 4) is 5.75 Å². The van der Waals surface area contributed by atoms with Crippen molar-refractivity contribution in [2.75, 3.05) is 39.5 Å². The normalized spacial score (nSPS) is 12.7. The summed E-state index contributed by atoms with van der Waals surface area (Å²) in [6.07, 6.45) is -0.231.